The third-order valence-corrected chi connectivity index (χ3v) is 2.30. The number of ether oxygens (including phenoxy) is 1. The second kappa shape index (κ2) is 3.35. The lowest BCUT2D eigenvalue weighted by atomic mass is 9.94. The summed E-state index contributed by atoms with van der Waals surface area (Å²) >= 11 is 0. The Labute approximate surface area is 62.7 Å². The normalized spacial score (nSPS) is 41.7. The van der Waals surface area contributed by atoms with E-state index in [4.69, 9.17) is 10.5 Å². The molecule has 0 amide bonds. The molecule has 0 unspecified atom stereocenters. The SMILES string of the molecule is C[C@@H]1CC[C@@H](C)[C@@H](CN)O1. The van der Waals surface area contributed by atoms with Gasteiger partial charge >= 0.3 is 0 Å². The first-order chi connectivity index (χ1) is 4.74. The second-order valence-electron chi connectivity index (χ2n) is 3.28. The van der Waals surface area contributed by atoms with E-state index in [2.05, 4.69) is 13.8 Å². The quantitative estimate of drug-likeness (QED) is 0.597. The molecule has 0 bridgehead atoms. The Kier molecular flexibility index (Phi) is 2.69. The van der Waals surface area contributed by atoms with Gasteiger partial charge in [0.15, 0.2) is 0 Å². The topological polar surface area (TPSA) is 35.2 Å². The lowest BCUT2D eigenvalue weighted by Gasteiger charge is -2.32. The highest BCUT2D eigenvalue weighted by atomic mass is 16.5. The summed E-state index contributed by atoms with van der Waals surface area (Å²) in [4.78, 5) is 0. The Bertz CT molecular complexity index is 105. The van der Waals surface area contributed by atoms with Crippen molar-refractivity contribution >= 4 is 0 Å². The summed E-state index contributed by atoms with van der Waals surface area (Å²) in [6.07, 6.45) is 3.19. The molecule has 60 valence electrons. The molecule has 1 aliphatic heterocycles. The van der Waals surface area contributed by atoms with E-state index in [1.807, 2.05) is 0 Å². The Balaban J connectivity index is 2.38. The minimum Gasteiger partial charge on any atom is -0.374 e. The van der Waals surface area contributed by atoms with Crippen LogP contribution in [0.15, 0.2) is 0 Å². The van der Waals surface area contributed by atoms with Crippen LogP contribution in [-0.4, -0.2) is 18.8 Å². The van der Waals surface area contributed by atoms with E-state index in [9.17, 15) is 0 Å². The minimum absolute atomic E-state index is 0.309. The van der Waals surface area contributed by atoms with E-state index in [0.717, 1.165) is 0 Å². The summed E-state index contributed by atoms with van der Waals surface area (Å²) in [5, 5.41) is 0. The number of rotatable bonds is 1. The first kappa shape index (κ1) is 8.02. The first-order valence-corrected chi connectivity index (χ1v) is 4.09. The summed E-state index contributed by atoms with van der Waals surface area (Å²) in [5.74, 6) is 0.654. The van der Waals surface area contributed by atoms with Gasteiger partial charge in [-0.1, -0.05) is 6.92 Å². The van der Waals surface area contributed by atoms with Gasteiger partial charge in [-0.15, -0.1) is 0 Å². The molecule has 1 saturated heterocycles. The van der Waals surface area contributed by atoms with Gasteiger partial charge in [-0.3, -0.25) is 0 Å². The van der Waals surface area contributed by atoms with Crippen LogP contribution < -0.4 is 5.73 Å². The van der Waals surface area contributed by atoms with Gasteiger partial charge in [-0.05, 0) is 25.7 Å². The molecule has 0 aliphatic carbocycles. The lowest BCUT2D eigenvalue weighted by molar-refractivity contribution is -0.0642. The van der Waals surface area contributed by atoms with Crippen molar-refractivity contribution in [2.45, 2.75) is 38.9 Å². The summed E-state index contributed by atoms with van der Waals surface area (Å²) in [5.41, 5.74) is 5.53. The average molecular weight is 143 g/mol. The zero-order chi connectivity index (χ0) is 7.56. The molecule has 2 heteroatoms. The van der Waals surface area contributed by atoms with Gasteiger partial charge in [0.1, 0.15) is 0 Å². The van der Waals surface area contributed by atoms with E-state index >= 15 is 0 Å². The highest BCUT2D eigenvalue weighted by Crippen LogP contribution is 2.23. The van der Waals surface area contributed by atoms with Gasteiger partial charge in [0, 0.05) is 6.54 Å². The molecule has 1 aliphatic rings. The van der Waals surface area contributed by atoms with Crippen molar-refractivity contribution in [3.05, 3.63) is 0 Å². The molecular formula is C8H17NO. The molecule has 1 heterocycles. The van der Waals surface area contributed by atoms with Gasteiger partial charge in [-0.2, -0.15) is 0 Å². The average Bonchev–Trinajstić information content (AvgIpc) is 1.94. The highest BCUT2D eigenvalue weighted by molar-refractivity contribution is 4.74. The largest absolute Gasteiger partial charge is 0.374 e. The fourth-order valence-electron chi connectivity index (χ4n) is 1.47. The zero-order valence-electron chi connectivity index (χ0n) is 6.84. The van der Waals surface area contributed by atoms with Crippen LogP contribution in [0.25, 0.3) is 0 Å². The maximum Gasteiger partial charge on any atom is 0.0726 e. The molecular weight excluding hydrogens is 126 g/mol. The molecule has 0 radical (unpaired) electrons. The van der Waals surface area contributed by atoms with Crippen molar-refractivity contribution < 1.29 is 4.74 Å². The van der Waals surface area contributed by atoms with Crippen molar-refractivity contribution in [2.75, 3.05) is 6.54 Å². The zero-order valence-corrected chi connectivity index (χ0v) is 6.84. The molecule has 0 aromatic heterocycles. The molecule has 0 spiro atoms. The second-order valence-corrected chi connectivity index (χ2v) is 3.28. The fourth-order valence-corrected chi connectivity index (χ4v) is 1.47. The number of hydrogen-bond donors (Lipinski definition) is 1. The van der Waals surface area contributed by atoms with Crippen LogP contribution in [0.1, 0.15) is 26.7 Å². The van der Waals surface area contributed by atoms with Gasteiger partial charge in [0.2, 0.25) is 0 Å². The Hall–Kier alpha value is -0.0800. The van der Waals surface area contributed by atoms with Crippen LogP contribution in [0.4, 0.5) is 0 Å². The molecule has 1 fully saturated rings. The monoisotopic (exact) mass is 143 g/mol. The van der Waals surface area contributed by atoms with Gasteiger partial charge in [-0.25, -0.2) is 0 Å². The van der Waals surface area contributed by atoms with Crippen molar-refractivity contribution in [3.63, 3.8) is 0 Å². The third kappa shape index (κ3) is 1.70. The van der Waals surface area contributed by atoms with Gasteiger partial charge in [0.05, 0.1) is 12.2 Å². The van der Waals surface area contributed by atoms with E-state index in [-0.39, 0.29) is 0 Å². The molecule has 1 rings (SSSR count). The number of hydrogen-bond acceptors (Lipinski definition) is 2. The standard InChI is InChI=1S/C8H17NO/c1-6-3-4-7(2)10-8(6)5-9/h6-8H,3-5,9H2,1-2H3/t6-,7-,8-/m1/s1. The van der Waals surface area contributed by atoms with Gasteiger partial charge < -0.3 is 10.5 Å². The van der Waals surface area contributed by atoms with Crippen LogP contribution in [0.2, 0.25) is 0 Å². The maximum absolute atomic E-state index is 5.62. The smallest absolute Gasteiger partial charge is 0.0726 e. The van der Waals surface area contributed by atoms with Crippen LogP contribution >= 0.6 is 0 Å². The molecule has 10 heavy (non-hydrogen) atoms. The van der Waals surface area contributed by atoms with Crippen molar-refractivity contribution in [1.82, 2.24) is 0 Å². The van der Waals surface area contributed by atoms with E-state index in [1.165, 1.54) is 12.8 Å². The lowest BCUT2D eigenvalue weighted by Crippen LogP contribution is -2.37. The highest BCUT2D eigenvalue weighted by Gasteiger charge is 2.24. The molecule has 3 atom stereocenters. The van der Waals surface area contributed by atoms with E-state index < -0.39 is 0 Å². The van der Waals surface area contributed by atoms with Crippen molar-refractivity contribution in [3.8, 4) is 0 Å². The first-order valence-electron chi connectivity index (χ1n) is 4.09. The Morgan fingerprint density at radius 1 is 1.40 bits per heavy atom. The summed E-state index contributed by atoms with van der Waals surface area (Å²) in [6.45, 7) is 5.00. The summed E-state index contributed by atoms with van der Waals surface area (Å²) in [7, 11) is 0. The predicted molar refractivity (Wildman–Crippen MR) is 41.8 cm³/mol. The van der Waals surface area contributed by atoms with Crippen molar-refractivity contribution in [2.24, 2.45) is 11.7 Å². The predicted octanol–water partition coefficient (Wildman–Crippen LogP) is 1.15. The Morgan fingerprint density at radius 3 is 2.60 bits per heavy atom. The van der Waals surface area contributed by atoms with E-state index in [1.54, 1.807) is 0 Å². The fraction of sp³-hybridized carbons (Fsp3) is 1.00. The molecule has 0 aromatic carbocycles. The van der Waals surface area contributed by atoms with Crippen LogP contribution in [0.5, 0.6) is 0 Å². The molecule has 0 aromatic rings. The maximum atomic E-state index is 5.62. The molecule has 2 N–H and O–H groups in total. The van der Waals surface area contributed by atoms with Crippen LogP contribution in [-0.2, 0) is 4.74 Å². The number of nitrogens with two attached hydrogens (primary N) is 1. The van der Waals surface area contributed by atoms with Crippen LogP contribution in [0.3, 0.4) is 0 Å². The molecule has 0 saturated carbocycles. The summed E-state index contributed by atoms with van der Waals surface area (Å²) < 4.78 is 5.62. The third-order valence-electron chi connectivity index (χ3n) is 2.30. The minimum atomic E-state index is 0.309. The van der Waals surface area contributed by atoms with Crippen molar-refractivity contribution in [1.29, 1.82) is 0 Å². The van der Waals surface area contributed by atoms with Gasteiger partial charge in [0.25, 0.3) is 0 Å². The molecule has 2 nitrogen and oxygen atoms in total. The van der Waals surface area contributed by atoms with E-state index in [0.29, 0.717) is 24.7 Å². The van der Waals surface area contributed by atoms with Crippen LogP contribution in [0, 0.1) is 5.92 Å². The Morgan fingerprint density at radius 2 is 2.10 bits per heavy atom. The summed E-state index contributed by atoms with van der Waals surface area (Å²) in [6, 6.07) is 0.